The number of benzene rings is 1. The molecule has 0 radical (unpaired) electrons. The van der Waals surface area contributed by atoms with Gasteiger partial charge in [0.1, 0.15) is 0 Å². The number of likely N-dealkylation sites (N-methyl/N-ethyl adjacent to an activating group) is 1. The van der Waals surface area contributed by atoms with Crippen molar-refractivity contribution in [1.29, 1.82) is 0 Å². The van der Waals surface area contributed by atoms with E-state index in [1.165, 1.54) is 23.4 Å². The van der Waals surface area contributed by atoms with Crippen LogP contribution in [0.1, 0.15) is 38.3 Å². The van der Waals surface area contributed by atoms with Crippen molar-refractivity contribution in [2.75, 3.05) is 31.1 Å². The first-order valence-electron chi connectivity index (χ1n) is 8.39. The maximum atomic E-state index is 6.09. The Morgan fingerprint density at radius 3 is 2.62 bits per heavy atom. The van der Waals surface area contributed by atoms with Crippen LogP contribution in [0.2, 0.25) is 0 Å². The van der Waals surface area contributed by atoms with Crippen LogP contribution in [0.5, 0.6) is 0 Å². The normalized spacial score (nSPS) is 21.6. The summed E-state index contributed by atoms with van der Waals surface area (Å²) in [7, 11) is 0. The Labute approximate surface area is 130 Å². The molecule has 1 aliphatic rings. The number of aryl methyl sites for hydroxylation is 1. The number of piperazine rings is 1. The summed E-state index contributed by atoms with van der Waals surface area (Å²) in [6.45, 7) is 13.5. The number of nitrogens with two attached hydrogens (primary N) is 1. The lowest BCUT2D eigenvalue weighted by Gasteiger charge is -2.40. The third-order valence-corrected chi connectivity index (χ3v) is 4.87. The van der Waals surface area contributed by atoms with Gasteiger partial charge in [-0.2, -0.15) is 0 Å². The molecule has 2 N–H and O–H groups in total. The molecule has 1 aromatic carbocycles. The van der Waals surface area contributed by atoms with Gasteiger partial charge in [0.05, 0.1) is 0 Å². The first-order chi connectivity index (χ1) is 10.0. The van der Waals surface area contributed by atoms with Crippen molar-refractivity contribution >= 4 is 5.69 Å². The fraction of sp³-hybridized carbons (Fsp3) is 0.667. The van der Waals surface area contributed by atoms with Gasteiger partial charge in [-0.25, -0.2) is 0 Å². The van der Waals surface area contributed by atoms with Gasteiger partial charge in [0.25, 0.3) is 0 Å². The molecule has 0 bridgehead atoms. The molecule has 0 amide bonds. The van der Waals surface area contributed by atoms with Gasteiger partial charge < -0.3 is 10.6 Å². The van der Waals surface area contributed by atoms with E-state index in [0.717, 1.165) is 32.5 Å². The monoisotopic (exact) mass is 289 g/mol. The number of anilines is 1. The van der Waals surface area contributed by atoms with Gasteiger partial charge in [0, 0.05) is 37.4 Å². The van der Waals surface area contributed by atoms with Crippen LogP contribution in [0.3, 0.4) is 0 Å². The van der Waals surface area contributed by atoms with E-state index in [2.05, 4.69) is 55.7 Å². The molecule has 1 aromatic rings. The van der Waals surface area contributed by atoms with Crippen LogP contribution in [0.15, 0.2) is 18.2 Å². The molecule has 1 heterocycles. The average molecular weight is 289 g/mol. The second-order valence-corrected chi connectivity index (χ2v) is 6.41. The van der Waals surface area contributed by atoms with Gasteiger partial charge >= 0.3 is 0 Å². The summed E-state index contributed by atoms with van der Waals surface area (Å²) >= 11 is 0. The minimum Gasteiger partial charge on any atom is -0.369 e. The summed E-state index contributed by atoms with van der Waals surface area (Å²) in [6, 6.07) is 7.81. The second-order valence-electron chi connectivity index (χ2n) is 6.41. The van der Waals surface area contributed by atoms with Gasteiger partial charge in [-0.1, -0.05) is 19.9 Å². The van der Waals surface area contributed by atoms with E-state index < -0.39 is 0 Å². The Kier molecular flexibility index (Phi) is 5.65. The Bertz CT molecular complexity index is 458. The van der Waals surface area contributed by atoms with Crippen molar-refractivity contribution in [2.24, 2.45) is 5.73 Å². The van der Waals surface area contributed by atoms with E-state index in [0.29, 0.717) is 6.04 Å². The zero-order chi connectivity index (χ0) is 15.4. The van der Waals surface area contributed by atoms with Gasteiger partial charge in [-0.15, -0.1) is 0 Å². The molecule has 2 atom stereocenters. The summed E-state index contributed by atoms with van der Waals surface area (Å²) < 4.78 is 0. The first kappa shape index (κ1) is 16.3. The second kappa shape index (κ2) is 7.28. The summed E-state index contributed by atoms with van der Waals surface area (Å²) in [5, 5.41) is 0. The van der Waals surface area contributed by atoms with Crippen LogP contribution in [-0.2, 0) is 6.42 Å². The zero-order valence-corrected chi connectivity index (χ0v) is 14.1. The lowest BCUT2D eigenvalue weighted by atomic mass is 9.99. The number of hydrogen-bond donors (Lipinski definition) is 1. The van der Waals surface area contributed by atoms with Crippen LogP contribution < -0.4 is 10.6 Å². The van der Waals surface area contributed by atoms with Crippen LogP contribution in [0.4, 0.5) is 5.69 Å². The summed E-state index contributed by atoms with van der Waals surface area (Å²) in [6.07, 6.45) is 2.03. The van der Waals surface area contributed by atoms with E-state index in [9.17, 15) is 0 Å². The number of nitrogens with zero attached hydrogens (tertiary/aromatic N) is 2. The van der Waals surface area contributed by atoms with Crippen LogP contribution >= 0.6 is 0 Å². The van der Waals surface area contributed by atoms with Crippen molar-refractivity contribution in [3.05, 3.63) is 29.3 Å². The molecular formula is C18H31N3. The standard InChI is InChI=1S/C18H31N3/c1-5-17(19)12-16-7-8-18(11-14(16)3)21-10-9-20(6-2)15(4)13-21/h7-8,11,15,17H,5-6,9-10,12-13,19H2,1-4H3. The number of rotatable bonds is 5. The predicted octanol–water partition coefficient (Wildman–Crippen LogP) is 2.81. The molecule has 2 unspecified atom stereocenters. The highest BCUT2D eigenvalue weighted by atomic mass is 15.3. The topological polar surface area (TPSA) is 32.5 Å². The average Bonchev–Trinajstić information content (AvgIpc) is 2.49. The molecule has 1 saturated heterocycles. The Morgan fingerprint density at radius 1 is 1.29 bits per heavy atom. The fourth-order valence-electron chi connectivity index (χ4n) is 3.23. The molecule has 118 valence electrons. The molecule has 1 aliphatic heterocycles. The minimum absolute atomic E-state index is 0.280. The minimum atomic E-state index is 0.280. The lowest BCUT2D eigenvalue weighted by Crippen LogP contribution is -2.51. The van der Waals surface area contributed by atoms with Gasteiger partial charge in [-0.3, -0.25) is 4.90 Å². The Hall–Kier alpha value is -1.06. The highest BCUT2D eigenvalue weighted by molar-refractivity contribution is 5.51. The highest BCUT2D eigenvalue weighted by Crippen LogP contribution is 2.23. The van der Waals surface area contributed by atoms with Crippen LogP contribution in [-0.4, -0.2) is 43.2 Å². The smallest absolute Gasteiger partial charge is 0.0370 e. The van der Waals surface area contributed by atoms with E-state index in [1.54, 1.807) is 0 Å². The van der Waals surface area contributed by atoms with Crippen molar-refractivity contribution in [3.8, 4) is 0 Å². The molecule has 21 heavy (non-hydrogen) atoms. The van der Waals surface area contributed by atoms with Gasteiger partial charge in [-0.05, 0) is 56.5 Å². The lowest BCUT2D eigenvalue weighted by molar-refractivity contribution is 0.199. The van der Waals surface area contributed by atoms with Crippen molar-refractivity contribution < 1.29 is 0 Å². The fourth-order valence-corrected chi connectivity index (χ4v) is 3.23. The van der Waals surface area contributed by atoms with E-state index in [1.807, 2.05) is 0 Å². The summed E-state index contributed by atoms with van der Waals surface area (Å²) in [5.74, 6) is 0. The highest BCUT2D eigenvalue weighted by Gasteiger charge is 2.22. The maximum Gasteiger partial charge on any atom is 0.0370 e. The van der Waals surface area contributed by atoms with Gasteiger partial charge in [0.2, 0.25) is 0 Å². The van der Waals surface area contributed by atoms with E-state index >= 15 is 0 Å². The summed E-state index contributed by atoms with van der Waals surface area (Å²) in [4.78, 5) is 5.07. The van der Waals surface area contributed by atoms with Crippen molar-refractivity contribution in [2.45, 2.75) is 52.6 Å². The first-order valence-corrected chi connectivity index (χ1v) is 8.39. The Balaban J connectivity index is 2.06. The molecule has 3 nitrogen and oxygen atoms in total. The number of hydrogen-bond acceptors (Lipinski definition) is 3. The molecule has 3 heteroatoms. The summed E-state index contributed by atoms with van der Waals surface area (Å²) in [5.41, 5.74) is 10.2. The maximum absolute atomic E-state index is 6.09. The van der Waals surface area contributed by atoms with E-state index in [-0.39, 0.29) is 6.04 Å². The third-order valence-electron chi connectivity index (χ3n) is 4.87. The van der Waals surface area contributed by atoms with Crippen LogP contribution in [0, 0.1) is 6.92 Å². The van der Waals surface area contributed by atoms with Crippen LogP contribution in [0.25, 0.3) is 0 Å². The van der Waals surface area contributed by atoms with Crippen molar-refractivity contribution in [3.63, 3.8) is 0 Å². The zero-order valence-electron chi connectivity index (χ0n) is 14.1. The SMILES string of the molecule is CCC(N)Cc1ccc(N2CCN(CC)C(C)C2)cc1C. The molecule has 0 spiro atoms. The third kappa shape index (κ3) is 3.98. The Morgan fingerprint density at radius 2 is 2.05 bits per heavy atom. The molecular weight excluding hydrogens is 258 g/mol. The largest absolute Gasteiger partial charge is 0.369 e. The molecule has 0 saturated carbocycles. The predicted molar refractivity (Wildman–Crippen MR) is 92.1 cm³/mol. The molecule has 1 fully saturated rings. The molecule has 2 rings (SSSR count). The van der Waals surface area contributed by atoms with E-state index in [4.69, 9.17) is 5.73 Å². The molecule has 0 aliphatic carbocycles. The van der Waals surface area contributed by atoms with Gasteiger partial charge in [0.15, 0.2) is 0 Å². The van der Waals surface area contributed by atoms with Crippen molar-refractivity contribution in [1.82, 2.24) is 4.90 Å². The quantitative estimate of drug-likeness (QED) is 0.904. The molecule has 0 aromatic heterocycles.